The third kappa shape index (κ3) is 3.58. The fourth-order valence-corrected chi connectivity index (χ4v) is 5.52. The van der Waals surface area contributed by atoms with Crippen LogP contribution in [0.5, 0.6) is 5.75 Å². The van der Waals surface area contributed by atoms with Crippen molar-refractivity contribution in [2.24, 2.45) is 5.41 Å². The Morgan fingerprint density at radius 2 is 1.88 bits per heavy atom. The molecule has 134 valence electrons. The van der Waals surface area contributed by atoms with Gasteiger partial charge < -0.3 is 10.2 Å². The summed E-state index contributed by atoms with van der Waals surface area (Å²) >= 11 is 1.79. The van der Waals surface area contributed by atoms with Gasteiger partial charge >= 0.3 is 0 Å². The van der Waals surface area contributed by atoms with Gasteiger partial charge in [-0.25, -0.2) is 0 Å². The number of aliphatic hydroxyl groups excluding tert-OH is 1. The zero-order valence-electron chi connectivity index (χ0n) is 15.1. The van der Waals surface area contributed by atoms with Crippen LogP contribution in [0.1, 0.15) is 56.6 Å². The number of benzene rings is 2. The summed E-state index contributed by atoms with van der Waals surface area (Å²) in [4.78, 5) is 1.10. The second-order valence-corrected chi connectivity index (χ2v) is 8.18. The number of phenolic OH excluding ortho intramolecular Hbond substituents is 1. The van der Waals surface area contributed by atoms with Gasteiger partial charge in [-0.1, -0.05) is 63.1 Å². The molecule has 3 heteroatoms. The Kier molecular flexibility index (Phi) is 5.75. The molecule has 2 aromatic rings. The zero-order chi connectivity index (χ0) is 17.9. The van der Waals surface area contributed by atoms with E-state index in [1.807, 2.05) is 30.3 Å². The predicted molar refractivity (Wildman–Crippen MR) is 105 cm³/mol. The fourth-order valence-electron chi connectivity index (χ4n) is 3.99. The molecule has 1 aliphatic rings. The molecule has 0 saturated carbocycles. The van der Waals surface area contributed by atoms with Crippen LogP contribution in [0.4, 0.5) is 0 Å². The van der Waals surface area contributed by atoms with E-state index in [1.54, 1.807) is 17.8 Å². The first-order valence-corrected chi connectivity index (χ1v) is 10.3. The summed E-state index contributed by atoms with van der Waals surface area (Å²) in [6.07, 6.45) is 3.85. The number of fused-ring (bicyclic) bond motifs is 1. The van der Waals surface area contributed by atoms with Crippen molar-refractivity contribution in [3.05, 3.63) is 59.7 Å². The van der Waals surface area contributed by atoms with Crippen molar-refractivity contribution in [1.82, 2.24) is 0 Å². The van der Waals surface area contributed by atoms with E-state index in [1.165, 1.54) is 0 Å². The molecule has 0 aliphatic carbocycles. The Morgan fingerprint density at radius 3 is 2.56 bits per heavy atom. The normalized spacial score (nSPS) is 26.0. The molecule has 0 bridgehead atoms. The summed E-state index contributed by atoms with van der Waals surface area (Å²) < 4.78 is 0. The van der Waals surface area contributed by atoms with E-state index in [2.05, 4.69) is 26.0 Å². The molecule has 2 aromatic carbocycles. The summed E-state index contributed by atoms with van der Waals surface area (Å²) in [6.45, 7) is 4.41. The molecular weight excluding hydrogens is 328 g/mol. The van der Waals surface area contributed by atoms with Crippen molar-refractivity contribution in [3.63, 3.8) is 0 Å². The molecule has 0 spiro atoms. The molecule has 1 aliphatic heterocycles. The minimum atomic E-state index is -0.426. The van der Waals surface area contributed by atoms with E-state index in [0.29, 0.717) is 5.75 Å². The third-order valence-electron chi connectivity index (χ3n) is 5.68. The maximum Gasteiger partial charge on any atom is 0.116 e. The maximum absolute atomic E-state index is 11.6. The van der Waals surface area contributed by atoms with Crippen molar-refractivity contribution in [2.75, 3.05) is 5.75 Å². The highest BCUT2D eigenvalue weighted by Gasteiger charge is 2.44. The van der Waals surface area contributed by atoms with Gasteiger partial charge in [0, 0.05) is 22.0 Å². The lowest BCUT2D eigenvalue weighted by Gasteiger charge is -2.39. The molecule has 1 heterocycles. The first-order valence-electron chi connectivity index (χ1n) is 9.30. The first-order chi connectivity index (χ1) is 12.1. The highest BCUT2D eigenvalue weighted by Crippen LogP contribution is 2.51. The number of aliphatic hydroxyl groups is 1. The number of hydrogen-bond donors (Lipinski definition) is 2. The minimum Gasteiger partial charge on any atom is -0.508 e. The number of unbranched alkanes of at least 4 members (excludes halogenated alkanes) is 1. The smallest absolute Gasteiger partial charge is 0.116 e. The Hall–Kier alpha value is -1.45. The SMILES string of the molecule is CCCC[C@@]1(CC)CSc2cc(O)ccc2[C@@H](c2ccccc2)C1O. The monoisotopic (exact) mass is 356 g/mol. The Morgan fingerprint density at radius 1 is 1.12 bits per heavy atom. The van der Waals surface area contributed by atoms with Crippen molar-refractivity contribution >= 4 is 11.8 Å². The summed E-state index contributed by atoms with van der Waals surface area (Å²) in [5.74, 6) is 1.14. The summed E-state index contributed by atoms with van der Waals surface area (Å²) in [7, 11) is 0. The topological polar surface area (TPSA) is 40.5 Å². The fraction of sp³-hybridized carbons (Fsp3) is 0.455. The van der Waals surface area contributed by atoms with Crippen LogP contribution in [-0.2, 0) is 0 Å². The Labute approximate surface area is 155 Å². The number of hydrogen-bond acceptors (Lipinski definition) is 3. The van der Waals surface area contributed by atoms with Gasteiger partial charge in [0.05, 0.1) is 6.10 Å². The largest absolute Gasteiger partial charge is 0.508 e. The van der Waals surface area contributed by atoms with Crippen LogP contribution >= 0.6 is 11.8 Å². The van der Waals surface area contributed by atoms with Crippen LogP contribution in [0, 0.1) is 5.41 Å². The summed E-state index contributed by atoms with van der Waals surface area (Å²) in [5.41, 5.74) is 2.18. The van der Waals surface area contributed by atoms with E-state index in [-0.39, 0.29) is 11.3 Å². The third-order valence-corrected chi connectivity index (χ3v) is 7.07. The summed E-state index contributed by atoms with van der Waals surface area (Å²) in [6, 6.07) is 15.9. The molecule has 0 fully saturated rings. The quantitative estimate of drug-likeness (QED) is 0.735. The van der Waals surface area contributed by atoms with E-state index >= 15 is 0 Å². The molecule has 2 N–H and O–H groups in total. The standard InChI is InChI=1S/C22H28O2S/c1-3-5-13-22(4-2)15-25-19-14-17(23)11-12-18(19)20(21(22)24)16-9-7-6-8-10-16/h6-12,14,20-21,23-24H,3-5,13,15H2,1-2H3/t20-,21?,22+/m1/s1. The molecule has 3 rings (SSSR count). The van der Waals surface area contributed by atoms with Gasteiger partial charge in [0.15, 0.2) is 0 Å². The van der Waals surface area contributed by atoms with E-state index in [0.717, 1.165) is 47.5 Å². The number of aromatic hydroxyl groups is 1. The van der Waals surface area contributed by atoms with Crippen molar-refractivity contribution in [2.45, 2.75) is 56.4 Å². The van der Waals surface area contributed by atoms with Gasteiger partial charge in [-0.3, -0.25) is 0 Å². The van der Waals surface area contributed by atoms with Crippen molar-refractivity contribution in [1.29, 1.82) is 0 Å². The van der Waals surface area contributed by atoms with Gasteiger partial charge in [0.1, 0.15) is 5.75 Å². The van der Waals surface area contributed by atoms with Crippen LogP contribution in [0.3, 0.4) is 0 Å². The lowest BCUT2D eigenvalue weighted by Crippen LogP contribution is -2.40. The van der Waals surface area contributed by atoms with Crippen LogP contribution < -0.4 is 0 Å². The summed E-state index contributed by atoms with van der Waals surface area (Å²) in [5, 5.41) is 21.5. The van der Waals surface area contributed by atoms with Gasteiger partial charge in [-0.15, -0.1) is 11.8 Å². The molecule has 2 nitrogen and oxygen atoms in total. The number of phenols is 1. The molecular formula is C22H28O2S. The number of thioether (sulfide) groups is 1. The van der Waals surface area contributed by atoms with Crippen LogP contribution in [0.15, 0.2) is 53.4 Å². The molecule has 1 unspecified atom stereocenters. The van der Waals surface area contributed by atoms with Crippen molar-refractivity contribution in [3.8, 4) is 5.75 Å². The molecule has 0 radical (unpaired) electrons. The van der Waals surface area contributed by atoms with E-state index in [4.69, 9.17) is 0 Å². The van der Waals surface area contributed by atoms with Crippen molar-refractivity contribution < 1.29 is 10.2 Å². The van der Waals surface area contributed by atoms with E-state index < -0.39 is 6.10 Å². The van der Waals surface area contributed by atoms with Gasteiger partial charge in [-0.05, 0) is 36.1 Å². The first kappa shape index (κ1) is 18.3. The minimum absolute atomic E-state index is 0.0522. The lowest BCUT2D eigenvalue weighted by atomic mass is 9.69. The Bertz CT molecular complexity index is 700. The molecule has 0 aromatic heterocycles. The number of rotatable bonds is 5. The Balaban J connectivity index is 2.12. The second-order valence-electron chi connectivity index (χ2n) is 7.16. The van der Waals surface area contributed by atoms with Gasteiger partial charge in [0.2, 0.25) is 0 Å². The highest BCUT2D eigenvalue weighted by molar-refractivity contribution is 7.99. The second kappa shape index (κ2) is 7.84. The van der Waals surface area contributed by atoms with Crippen LogP contribution in [-0.4, -0.2) is 22.1 Å². The van der Waals surface area contributed by atoms with Gasteiger partial charge in [-0.2, -0.15) is 0 Å². The maximum atomic E-state index is 11.6. The van der Waals surface area contributed by atoms with Gasteiger partial charge in [0.25, 0.3) is 0 Å². The van der Waals surface area contributed by atoms with Crippen LogP contribution in [0.2, 0.25) is 0 Å². The molecule has 3 atom stereocenters. The zero-order valence-corrected chi connectivity index (χ0v) is 15.9. The molecule has 0 amide bonds. The predicted octanol–water partition coefficient (Wildman–Crippen LogP) is 5.58. The molecule has 25 heavy (non-hydrogen) atoms. The van der Waals surface area contributed by atoms with E-state index in [9.17, 15) is 10.2 Å². The molecule has 0 saturated heterocycles. The van der Waals surface area contributed by atoms with Crippen LogP contribution in [0.25, 0.3) is 0 Å². The highest BCUT2D eigenvalue weighted by atomic mass is 32.2. The average molecular weight is 357 g/mol. The lowest BCUT2D eigenvalue weighted by molar-refractivity contribution is 0.0182. The average Bonchev–Trinajstić information content (AvgIpc) is 2.76.